The van der Waals surface area contributed by atoms with E-state index in [0.29, 0.717) is 28.4 Å². The quantitative estimate of drug-likeness (QED) is 0.617. The van der Waals surface area contributed by atoms with E-state index in [1.165, 1.54) is 0 Å². The molecule has 0 aromatic heterocycles. The van der Waals surface area contributed by atoms with Crippen LogP contribution < -0.4 is 16.0 Å². The van der Waals surface area contributed by atoms with Gasteiger partial charge in [-0.25, -0.2) is 0 Å². The molecule has 1 saturated heterocycles. The summed E-state index contributed by atoms with van der Waals surface area (Å²) in [4.78, 5) is 39.2. The summed E-state index contributed by atoms with van der Waals surface area (Å²) in [5.41, 5.74) is 2.37. The minimum absolute atomic E-state index is 0.0292. The van der Waals surface area contributed by atoms with Gasteiger partial charge in [-0.2, -0.15) is 0 Å². The summed E-state index contributed by atoms with van der Waals surface area (Å²) >= 11 is 0. The average molecular weight is 437 g/mol. The molecular weight excluding hydrogens is 404 g/mol. The molecule has 1 fully saturated rings. The highest BCUT2D eigenvalue weighted by Crippen LogP contribution is 2.19. The standard InChI is InChI=1S/C25H32N4O3/c1-17(2)27-24(31)19-6-4-9-22(14-19)28-23(30)16-26-21-8-5-7-20(15-21)25(32)29-12-10-18(3)11-13-29/h4-9,14-15,17-18,26H,10-13,16H2,1-3H3,(H,27,31)(H,28,30). The molecule has 2 aromatic rings. The van der Waals surface area contributed by atoms with Crippen LogP contribution in [0.5, 0.6) is 0 Å². The van der Waals surface area contributed by atoms with Gasteiger partial charge in [0.25, 0.3) is 11.8 Å². The fourth-order valence-electron chi connectivity index (χ4n) is 3.63. The Bertz CT molecular complexity index is 965. The second-order valence-corrected chi connectivity index (χ2v) is 8.67. The number of amides is 3. The van der Waals surface area contributed by atoms with E-state index in [4.69, 9.17) is 0 Å². The van der Waals surface area contributed by atoms with Crippen molar-refractivity contribution in [3.05, 3.63) is 59.7 Å². The Morgan fingerprint density at radius 3 is 2.28 bits per heavy atom. The van der Waals surface area contributed by atoms with Crippen molar-refractivity contribution >= 4 is 29.1 Å². The smallest absolute Gasteiger partial charge is 0.253 e. The first-order valence-corrected chi connectivity index (χ1v) is 11.2. The van der Waals surface area contributed by atoms with E-state index in [1.54, 1.807) is 36.4 Å². The average Bonchev–Trinajstić information content (AvgIpc) is 2.78. The summed E-state index contributed by atoms with van der Waals surface area (Å²) in [5.74, 6) is 0.268. The fourth-order valence-corrected chi connectivity index (χ4v) is 3.63. The molecule has 3 amide bonds. The van der Waals surface area contributed by atoms with E-state index in [2.05, 4.69) is 22.9 Å². The number of carbonyl (C=O) groups excluding carboxylic acids is 3. The van der Waals surface area contributed by atoms with Gasteiger partial charge in [-0.05, 0) is 69.0 Å². The van der Waals surface area contributed by atoms with Crippen LogP contribution in [-0.2, 0) is 4.79 Å². The van der Waals surface area contributed by atoms with Crippen molar-refractivity contribution in [3.63, 3.8) is 0 Å². The van der Waals surface area contributed by atoms with Gasteiger partial charge in [-0.15, -0.1) is 0 Å². The highest BCUT2D eigenvalue weighted by molar-refractivity contribution is 5.98. The molecule has 0 saturated carbocycles. The number of nitrogens with zero attached hydrogens (tertiary/aromatic N) is 1. The van der Waals surface area contributed by atoms with Crippen LogP contribution in [0.25, 0.3) is 0 Å². The van der Waals surface area contributed by atoms with Crippen molar-refractivity contribution in [2.75, 3.05) is 30.3 Å². The highest BCUT2D eigenvalue weighted by Gasteiger charge is 2.21. The molecule has 7 nitrogen and oxygen atoms in total. The van der Waals surface area contributed by atoms with E-state index >= 15 is 0 Å². The van der Waals surface area contributed by atoms with Gasteiger partial charge in [0, 0.05) is 41.6 Å². The molecule has 3 N–H and O–H groups in total. The SMILES string of the molecule is CC1CCN(C(=O)c2cccc(NCC(=O)Nc3cccc(C(=O)NC(C)C)c3)c2)CC1. The molecule has 3 rings (SSSR count). The Balaban J connectivity index is 1.55. The van der Waals surface area contributed by atoms with Crippen LogP contribution in [0, 0.1) is 5.92 Å². The molecular formula is C25H32N4O3. The van der Waals surface area contributed by atoms with Crippen LogP contribution in [0.4, 0.5) is 11.4 Å². The zero-order chi connectivity index (χ0) is 23.1. The number of hydrogen-bond donors (Lipinski definition) is 3. The van der Waals surface area contributed by atoms with Gasteiger partial charge in [0.05, 0.1) is 6.54 Å². The molecule has 1 aliphatic rings. The lowest BCUT2D eigenvalue weighted by molar-refractivity contribution is -0.114. The number of nitrogens with one attached hydrogen (secondary N) is 3. The van der Waals surface area contributed by atoms with Crippen molar-refractivity contribution in [3.8, 4) is 0 Å². The molecule has 7 heteroatoms. The molecule has 0 atom stereocenters. The maximum Gasteiger partial charge on any atom is 0.253 e. The van der Waals surface area contributed by atoms with Crippen LogP contribution in [0.2, 0.25) is 0 Å². The van der Waals surface area contributed by atoms with Gasteiger partial charge in [0.1, 0.15) is 0 Å². The van der Waals surface area contributed by atoms with Gasteiger partial charge < -0.3 is 20.9 Å². The summed E-state index contributed by atoms with van der Waals surface area (Å²) in [6.07, 6.45) is 2.06. The van der Waals surface area contributed by atoms with Crippen LogP contribution >= 0.6 is 0 Å². The number of carbonyl (C=O) groups is 3. The summed E-state index contributed by atoms with van der Waals surface area (Å²) in [7, 11) is 0. The molecule has 0 aliphatic carbocycles. The first kappa shape index (κ1) is 23.3. The summed E-state index contributed by atoms with van der Waals surface area (Å²) in [5, 5.41) is 8.70. The predicted octanol–water partition coefficient (Wildman–Crippen LogP) is 3.75. The second-order valence-electron chi connectivity index (χ2n) is 8.67. The number of anilines is 2. The predicted molar refractivity (Wildman–Crippen MR) is 127 cm³/mol. The zero-order valence-corrected chi connectivity index (χ0v) is 19.0. The molecule has 170 valence electrons. The highest BCUT2D eigenvalue weighted by atomic mass is 16.2. The molecule has 0 spiro atoms. The first-order valence-electron chi connectivity index (χ1n) is 11.2. The second kappa shape index (κ2) is 10.8. The van der Waals surface area contributed by atoms with Crippen LogP contribution in [0.1, 0.15) is 54.3 Å². The fraction of sp³-hybridized carbons (Fsp3) is 0.400. The van der Waals surface area contributed by atoms with Crippen LogP contribution in [-0.4, -0.2) is 48.3 Å². The Morgan fingerprint density at radius 2 is 1.59 bits per heavy atom. The van der Waals surface area contributed by atoms with E-state index in [1.807, 2.05) is 30.9 Å². The Kier molecular flexibility index (Phi) is 7.87. The number of likely N-dealkylation sites (tertiary alicyclic amines) is 1. The largest absolute Gasteiger partial charge is 0.376 e. The van der Waals surface area contributed by atoms with Gasteiger partial charge in [0.2, 0.25) is 5.91 Å². The van der Waals surface area contributed by atoms with E-state index in [0.717, 1.165) is 25.9 Å². The number of hydrogen-bond acceptors (Lipinski definition) is 4. The van der Waals surface area contributed by atoms with Crippen LogP contribution in [0.15, 0.2) is 48.5 Å². The Labute approximate surface area is 189 Å². The van der Waals surface area contributed by atoms with Crippen LogP contribution in [0.3, 0.4) is 0 Å². The minimum atomic E-state index is -0.242. The molecule has 0 bridgehead atoms. The van der Waals surface area contributed by atoms with Gasteiger partial charge in [-0.3, -0.25) is 14.4 Å². The van der Waals surface area contributed by atoms with E-state index in [9.17, 15) is 14.4 Å². The maximum atomic E-state index is 12.8. The Morgan fingerprint density at radius 1 is 0.969 bits per heavy atom. The minimum Gasteiger partial charge on any atom is -0.376 e. The third kappa shape index (κ3) is 6.57. The molecule has 1 aliphatic heterocycles. The van der Waals surface area contributed by atoms with Gasteiger partial charge in [0.15, 0.2) is 0 Å². The number of rotatable bonds is 7. The van der Waals surface area contributed by atoms with Gasteiger partial charge in [-0.1, -0.05) is 19.1 Å². The summed E-state index contributed by atoms with van der Waals surface area (Å²) in [6, 6.07) is 14.1. The zero-order valence-electron chi connectivity index (χ0n) is 19.0. The topological polar surface area (TPSA) is 90.5 Å². The normalized spacial score (nSPS) is 14.2. The Hall–Kier alpha value is -3.35. The molecule has 0 radical (unpaired) electrons. The van der Waals surface area contributed by atoms with E-state index in [-0.39, 0.29) is 30.3 Å². The van der Waals surface area contributed by atoms with Crippen molar-refractivity contribution in [1.29, 1.82) is 0 Å². The molecule has 32 heavy (non-hydrogen) atoms. The molecule has 0 unspecified atom stereocenters. The third-order valence-corrected chi connectivity index (χ3v) is 5.46. The number of benzene rings is 2. The lowest BCUT2D eigenvalue weighted by Crippen LogP contribution is -2.37. The van der Waals surface area contributed by atoms with Gasteiger partial charge >= 0.3 is 0 Å². The van der Waals surface area contributed by atoms with Crippen molar-refractivity contribution < 1.29 is 14.4 Å². The first-order chi connectivity index (χ1) is 15.3. The molecule has 2 aromatic carbocycles. The molecule has 1 heterocycles. The van der Waals surface area contributed by atoms with Crippen molar-refractivity contribution in [2.24, 2.45) is 5.92 Å². The summed E-state index contributed by atoms with van der Waals surface area (Å²) in [6.45, 7) is 7.62. The summed E-state index contributed by atoms with van der Waals surface area (Å²) < 4.78 is 0. The van der Waals surface area contributed by atoms with Crippen molar-refractivity contribution in [2.45, 2.75) is 39.7 Å². The monoisotopic (exact) mass is 436 g/mol. The lowest BCUT2D eigenvalue weighted by atomic mass is 9.98. The van der Waals surface area contributed by atoms with Crippen molar-refractivity contribution in [1.82, 2.24) is 10.2 Å². The lowest BCUT2D eigenvalue weighted by Gasteiger charge is -2.30. The third-order valence-electron chi connectivity index (χ3n) is 5.46. The maximum absolute atomic E-state index is 12.8. The number of piperidine rings is 1. The van der Waals surface area contributed by atoms with E-state index < -0.39 is 0 Å².